The number of hydrogen-bond acceptors (Lipinski definition) is 1. The molecule has 0 aromatic rings. The zero-order valence-corrected chi connectivity index (χ0v) is 10.8. The van der Waals surface area contributed by atoms with Crippen molar-refractivity contribution in [2.75, 3.05) is 0 Å². The van der Waals surface area contributed by atoms with Crippen LogP contribution in [0.15, 0.2) is 0 Å². The average Bonchev–Trinajstić information content (AvgIpc) is 2.15. The van der Waals surface area contributed by atoms with Crippen LogP contribution in [0, 0.1) is 0 Å². The van der Waals surface area contributed by atoms with Gasteiger partial charge in [-0.15, -0.1) is 5.60 Å². The van der Waals surface area contributed by atoms with Crippen molar-refractivity contribution in [1.82, 2.24) is 0 Å². The molecule has 0 amide bonds. The quantitative estimate of drug-likeness (QED) is 0.422. The van der Waals surface area contributed by atoms with E-state index in [1.54, 1.807) is 0 Å². The van der Waals surface area contributed by atoms with Crippen molar-refractivity contribution in [3.05, 3.63) is 0 Å². The molecule has 1 aliphatic rings. The van der Waals surface area contributed by atoms with Gasteiger partial charge in [0.25, 0.3) is 0 Å². The van der Waals surface area contributed by atoms with Crippen molar-refractivity contribution in [2.24, 2.45) is 0 Å². The number of hydrogen-bond donors (Lipinski definition) is 0. The maximum Gasteiger partial charge on any atom is 2.00 e. The van der Waals surface area contributed by atoms with Crippen LogP contribution in [0.5, 0.6) is 0 Å². The maximum atomic E-state index is 11.9. The van der Waals surface area contributed by atoms with Gasteiger partial charge in [-0.2, -0.15) is 0 Å². The summed E-state index contributed by atoms with van der Waals surface area (Å²) in [7, 11) is 0. The first kappa shape index (κ1) is 16.4. The Morgan fingerprint density at radius 1 is 1.08 bits per heavy atom. The van der Waals surface area contributed by atoms with Crippen molar-refractivity contribution in [3.63, 3.8) is 0 Å². The Labute approximate surface area is 104 Å². The Kier molecular flexibility index (Phi) is 10.5. The fraction of sp³-hybridized carbons (Fsp3) is 1.00. The van der Waals surface area contributed by atoms with Gasteiger partial charge in [0.2, 0.25) is 0 Å². The van der Waals surface area contributed by atoms with Gasteiger partial charge in [-0.1, -0.05) is 58.3 Å². The van der Waals surface area contributed by atoms with E-state index in [9.17, 15) is 5.11 Å². The Balaban J connectivity index is 0. The molecule has 0 aromatic carbocycles. The molecule has 13 heavy (non-hydrogen) atoms. The molecule has 0 spiro atoms. The minimum absolute atomic E-state index is 0. The zero-order chi connectivity index (χ0) is 8.16. The number of rotatable bonds is 2. The van der Waals surface area contributed by atoms with Gasteiger partial charge in [0.15, 0.2) is 0 Å². The second-order valence-electron chi connectivity index (χ2n) is 3.85. The first-order valence-corrected chi connectivity index (χ1v) is 4.97. The fourth-order valence-electron chi connectivity index (χ4n) is 2.08. The average molecular weight is 215 g/mol. The molecular weight excluding hydrogens is 196 g/mol. The molecule has 0 bridgehead atoms. The smallest absolute Gasteiger partial charge is 1.00 e. The SMILES string of the molecule is CCCC1([O-])CCCCCC1.[Cl-].[Mg+2]. The molecule has 1 nitrogen and oxygen atoms in total. The molecule has 0 atom stereocenters. The van der Waals surface area contributed by atoms with E-state index in [4.69, 9.17) is 0 Å². The van der Waals surface area contributed by atoms with Crippen LogP contribution in [0.3, 0.4) is 0 Å². The molecule has 0 N–H and O–H groups in total. The van der Waals surface area contributed by atoms with Gasteiger partial charge < -0.3 is 17.5 Å². The van der Waals surface area contributed by atoms with Gasteiger partial charge >= 0.3 is 23.1 Å². The van der Waals surface area contributed by atoms with Crippen molar-refractivity contribution in [3.8, 4) is 0 Å². The van der Waals surface area contributed by atoms with Gasteiger partial charge in [-0.05, 0) is 0 Å². The summed E-state index contributed by atoms with van der Waals surface area (Å²) in [6.45, 7) is 2.12. The van der Waals surface area contributed by atoms with Crippen LogP contribution in [0.1, 0.15) is 58.3 Å². The van der Waals surface area contributed by atoms with Crippen LogP contribution in [0.25, 0.3) is 0 Å². The molecule has 0 radical (unpaired) electrons. The molecule has 0 heterocycles. The van der Waals surface area contributed by atoms with Crippen LogP contribution >= 0.6 is 0 Å². The van der Waals surface area contributed by atoms with E-state index < -0.39 is 5.60 Å². The molecule has 1 rings (SSSR count). The second kappa shape index (κ2) is 8.33. The summed E-state index contributed by atoms with van der Waals surface area (Å²) in [5, 5.41) is 11.9. The predicted octanol–water partition coefficient (Wildman–Crippen LogP) is -1.14. The third-order valence-corrected chi connectivity index (χ3v) is 2.72. The van der Waals surface area contributed by atoms with E-state index in [2.05, 4.69) is 6.92 Å². The van der Waals surface area contributed by atoms with E-state index in [0.717, 1.165) is 25.7 Å². The van der Waals surface area contributed by atoms with Gasteiger partial charge in [0, 0.05) is 0 Å². The Morgan fingerprint density at radius 3 is 1.92 bits per heavy atom. The van der Waals surface area contributed by atoms with E-state index in [1.165, 1.54) is 25.7 Å². The monoisotopic (exact) mass is 214 g/mol. The van der Waals surface area contributed by atoms with E-state index >= 15 is 0 Å². The summed E-state index contributed by atoms with van der Waals surface area (Å²) in [5.41, 5.74) is -0.536. The topological polar surface area (TPSA) is 23.1 Å². The molecule has 0 aromatic heterocycles. The van der Waals surface area contributed by atoms with Crippen molar-refractivity contribution in [2.45, 2.75) is 63.9 Å². The second-order valence-corrected chi connectivity index (χ2v) is 3.85. The normalized spacial score (nSPS) is 20.8. The van der Waals surface area contributed by atoms with Crippen molar-refractivity contribution < 1.29 is 17.5 Å². The number of halogens is 1. The zero-order valence-electron chi connectivity index (χ0n) is 8.65. The molecule has 3 heteroatoms. The third kappa shape index (κ3) is 6.16. The summed E-state index contributed by atoms with van der Waals surface area (Å²) in [5.74, 6) is 0. The van der Waals surface area contributed by atoms with Gasteiger partial charge in [-0.25, -0.2) is 0 Å². The van der Waals surface area contributed by atoms with Crippen LogP contribution in [0.4, 0.5) is 0 Å². The van der Waals surface area contributed by atoms with Crippen molar-refractivity contribution >= 4 is 23.1 Å². The van der Waals surface area contributed by atoms with Crippen LogP contribution < -0.4 is 17.5 Å². The van der Waals surface area contributed by atoms with E-state index in [0.29, 0.717) is 0 Å². The molecular formula is C10H19ClMgO. The summed E-state index contributed by atoms with van der Waals surface area (Å²) >= 11 is 0. The van der Waals surface area contributed by atoms with Crippen LogP contribution in [-0.2, 0) is 0 Å². The van der Waals surface area contributed by atoms with Crippen molar-refractivity contribution in [1.29, 1.82) is 0 Å². The van der Waals surface area contributed by atoms with E-state index in [1.807, 2.05) is 0 Å². The van der Waals surface area contributed by atoms with Gasteiger partial charge in [0.05, 0.1) is 0 Å². The summed E-state index contributed by atoms with van der Waals surface area (Å²) in [4.78, 5) is 0. The minimum atomic E-state index is -0.536. The summed E-state index contributed by atoms with van der Waals surface area (Å²) in [6, 6.07) is 0. The standard InChI is InChI=1S/C10H19O.ClH.Mg/c1-2-7-10(11)8-5-3-4-6-9-10;;/h2-9H2,1H3;1H;/q-1;;+2/p-1. The maximum absolute atomic E-state index is 11.9. The molecule has 1 fully saturated rings. The van der Waals surface area contributed by atoms with Gasteiger partial charge in [-0.3, -0.25) is 0 Å². The summed E-state index contributed by atoms with van der Waals surface area (Å²) in [6.07, 6.45) is 8.73. The summed E-state index contributed by atoms with van der Waals surface area (Å²) < 4.78 is 0. The minimum Gasteiger partial charge on any atom is -1.00 e. The molecule has 0 aliphatic heterocycles. The third-order valence-electron chi connectivity index (χ3n) is 2.72. The first-order chi connectivity index (χ1) is 5.27. The first-order valence-electron chi connectivity index (χ1n) is 4.97. The van der Waals surface area contributed by atoms with E-state index in [-0.39, 0.29) is 35.5 Å². The fourth-order valence-corrected chi connectivity index (χ4v) is 2.08. The van der Waals surface area contributed by atoms with Gasteiger partial charge in [0.1, 0.15) is 0 Å². The van der Waals surface area contributed by atoms with Crippen LogP contribution in [0.2, 0.25) is 0 Å². The predicted molar refractivity (Wildman–Crippen MR) is 51.1 cm³/mol. The molecule has 1 saturated carbocycles. The Morgan fingerprint density at radius 2 is 1.54 bits per heavy atom. The molecule has 0 unspecified atom stereocenters. The molecule has 0 saturated heterocycles. The Hall–Kier alpha value is 1.02. The van der Waals surface area contributed by atoms with Crippen LogP contribution in [-0.4, -0.2) is 28.7 Å². The molecule has 74 valence electrons. The largest absolute Gasteiger partial charge is 2.00 e. The molecule has 1 aliphatic carbocycles. The Bertz CT molecular complexity index is 111.